The minimum absolute atomic E-state index is 0.619. The Bertz CT molecular complexity index is 511. The molecule has 0 unspecified atom stereocenters. The normalized spacial score (nSPS) is 11.4. The average molecular weight is 263 g/mol. The highest BCUT2D eigenvalue weighted by Gasteiger charge is 2.09. The van der Waals surface area contributed by atoms with Crippen LogP contribution in [0, 0.1) is 20.8 Å². The molecule has 0 bridgehead atoms. The van der Waals surface area contributed by atoms with Gasteiger partial charge < -0.3 is 4.52 Å². The quantitative estimate of drug-likeness (QED) is 0.860. The molecule has 6 heteroatoms. The second kappa shape index (κ2) is 5.97. The van der Waals surface area contributed by atoms with Gasteiger partial charge in [-0.15, -0.1) is 0 Å². The molecule has 2 rings (SSSR count). The molecule has 0 atom stereocenters. The van der Waals surface area contributed by atoms with Crippen LogP contribution in [0.4, 0.5) is 0 Å². The molecule has 0 saturated heterocycles. The largest absolute Gasteiger partial charge is 0.340 e. The number of H-pyrrole nitrogens is 1. The van der Waals surface area contributed by atoms with Gasteiger partial charge in [0, 0.05) is 12.6 Å². The molecule has 0 amide bonds. The van der Waals surface area contributed by atoms with Crippen molar-refractivity contribution in [3.63, 3.8) is 0 Å². The third-order valence-corrected chi connectivity index (χ3v) is 3.23. The summed E-state index contributed by atoms with van der Waals surface area (Å²) in [6.07, 6.45) is 2.14. The minimum Gasteiger partial charge on any atom is -0.340 e. The summed E-state index contributed by atoms with van der Waals surface area (Å²) in [5.41, 5.74) is 3.62. The van der Waals surface area contributed by atoms with Gasteiger partial charge in [0.1, 0.15) is 0 Å². The zero-order valence-electron chi connectivity index (χ0n) is 12.0. The van der Waals surface area contributed by atoms with Crippen molar-refractivity contribution in [3.8, 4) is 0 Å². The van der Waals surface area contributed by atoms with E-state index in [9.17, 15) is 0 Å². The van der Waals surface area contributed by atoms with E-state index in [1.807, 2.05) is 6.92 Å². The van der Waals surface area contributed by atoms with E-state index in [0.29, 0.717) is 5.89 Å². The van der Waals surface area contributed by atoms with Gasteiger partial charge in [-0.25, -0.2) is 0 Å². The van der Waals surface area contributed by atoms with E-state index in [1.54, 1.807) is 6.92 Å². The zero-order chi connectivity index (χ0) is 13.8. The number of hydrogen-bond donors (Lipinski definition) is 1. The lowest BCUT2D eigenvalue weighted by Gasteiger charge is -2.13. The fourth-order valence-electron chi connectivity index (χ4n) is 2.19. The van der Waals surface area contributed by atoms with Gasteiger partial charge in [-0.05, 0) is 45.8 Å². The molecule has 1 N–H and O–H groups in total. The molecule has 0 aliphatic rings. The summed E-state index contributed by atoms with van der Waals surface area (Å²) in [6.45, 7) is 7.64. The van der Waals surface area contributed by atoms with Crippen LogP contribution in [0.3, 0.4) is 0 Å². The Morgan fingerprint density at radius 3 is 2.63 bits per heavy atom. The zero-order valence-corrected chi connectivity index (χ0v) is 12.0. The van der Waals surface area contributed by atoms with E-state index in [1.165, 1.54) is 11.3 Å². The van der Waals surface area contributed by atoms with Crippen LogP contribution in [-0.4, -0.2) is 38.8 Å². The molecule has 19 heavy (non-hydrogen) atoms. The Morgan fingerprint density at radius 1 is 1.26 bits per heavy atom. The Labute approximate surface area is 113 Å². The molecule has 2 aromatic rings. The predicted octanol–water partition coefficient (Wildman–Crippen LogP) is 1.78. The molecule has 6 nitrogen and oxygen atoms in total. The number of aromatic nitrogens is 4. The van der Waals surface area contributed by atoms with E-state index < -0.39 is 0 Å². The maximum atomic E-state index is 4.96. The summed E-state index contributed by atoms with van der Waals surface area (Å²) in [4.78, 5) is 6.41. The molecule has 0 saturated carbocycles. The molecular weight excluding hydrogens is 242 g/mol. The lowest BCUT2D eigenvalue weighted by atomic mass is 10.1. The Kier molecular flexibility index (Phi) is 4.31. The Balaban J connectivity index is 1.76. The van der Waals surface area contributed by atoms with E-state index >= 15 is 0 Å². The first kappa shape index (κ1) is 13.7. The third-order valence-electron chi connectivity index (χ3n) is 3.23. The first-order valence-corrected chi connectivity index (χ1v) is 6.54. The van der Waals surface area contributed by atoms with Crippen molar-refractivity contribution in [2.24, 2.45) is 0 Å². The van der Waals surface area contributed by atoms with Gasteiger partial charge in [0.2, 0.25) is 5.89 Å². The van der Waals surface area contributed by atoms with Crippen molar-refractivity contribution in [1.29, 1.82) is 0 Å². The van der Waals surface area contributed by atoms with Crippen LogP contribution in [0.5, 0.6) is 0 Å². The van der Waals surface area contributed by atoms with Crippen LogP contribution >= 0.6 is 0 Å². The number of aromatic amines is 1. The number of nitrogens with zero attached hydrogens (tertiary/aromatic N) is 4. The number of rotatable bonds is 6. The van der Waals surface area contributed by atoms with E-state index in [4.69, 9.17) is 4.52 Å². The van der Waals surface area contributed by atoms with Crippen LogP contribution in [0.15, 0.2) is 4.52 Å². The SMILES string of the molecule is Cc1nc(CN(C)CCCc2c(C)n[nH]c2C)no1. The van der Waals surface area contributed by atoms with Gasteiger partial charge in [-0.2, -0.15) is 10.1 Å². The standard InChI is InChI=1S/C13H21N5O/c1-9-12(10(2)16-15-9)6-5-7-18(4)8-13-14-11(3)19-17-13/h5-8H2,1-4H3,(H,15,16). The summed E-state index contributed by atoms with van der Waals surface area (Å²) < 4.78 is 4.96. The summed E-state index contributed by atoms with van der Waals surface area (Å²) >= 11 is 0. The van der Waals surface area contributed by atoms with Gasteiger partial charge in [-0.1, -0.05) is 5.16 Å². The molecule has 2 heterocycles. The maximum Gasteiger partial charge on any atom is 0.223 e. The summed E-state index contributed by atoms with van der Waals surface area (Å²) in [6, 6.07) is 0. The average Bonchev–Trinajstić information content (AvgIpc) is 2.89. The fraction of sp³-hybridized carbons (Fsp3) is 0.615. The highest BCUT2D eigenvalue weighted by molar-refractivity contribution is 5.23. The lowest BCUT2D eigenvalue weighted by Crippen LogP contribution is -2.20. The van der Waals surface area contributed by atoms with Gasteiger partial charge in [0.05, 0.1) is 12.2 Å². The molecule has 0 aromatic carbocycles. The Morgan fingerprint density at radius 2 is 2.05 bits per heavy atom. The van der Waals surface area contributed by atoms with Gasteiger partial charge >= 0.3 is 0 Å². The van der Waals surface area contributed by atoms with Crippen LogP contribution < -0.4 is 0 Å². The van der Waals surface area contributed by atoms with E-state index in [2.05, 4.69) is 39.2 Å². The minimum atomic E-state index is 0.619. The van der Waals surface area contributed by atoms with Crippen LogP contribution in [-0.2, 0) is 13.0 Å². The smallest absolute Gasteiger partial charge is 0.223 e. The van der Waals surface area contributed by atoms with Gasteiger partial charge in [0.25, 0.3) is 0 Å². The first-order chi connectivity index (χ1) is 9.06. The Hall–Kier alpha value is -1.69. The third kappa shape index (κ3) is 3.64. The van der Waals surface area contributed by atoms with Gasteiger partial charge in [-0.3, -0.25) is 10.00 Å². The topological polar surface area (TPSA) is 70.8 Å². The van der Waals surface area contributed by atoms with Gasteiger partial charge in [0.15, 0.2) is 5.82 Å². The number of nitrogens with one attached hydrogen (secondary N) is 1. The molecule has 0 spiro atoms. The molecule has 0 aliphatic carbocycles. The maximum absolute atomic E-state index is 4.96. The lowest BCUT2D eigenvalue weighted by molar-refractivity contribution is 0.304. The van der Waals surface area contributed by atoms with Crippen molar-refractivity contribution >= 4 is 0 Å². The van der Waals surface area contributed by atoms with Crippen LogP contribution in [0.25, 0.3) is 0 Å². The second-order valence-corrected chi connectivity index (χ2v) is 4.98. The predicted molar refractivity (Wildman–Crippen MR) is 71.8 cm³/mol. The number of aryl methyl sites for hydroxylation is 3. The van der Waals surface area contributed by atoms with E-state index in [-0.39, 0.29) is 0 Å². The molecule has 2 aromatic heterocycles. The highest BCUT2D eigenvalue weighted by Crippen LogP contribution is 2.12. The monoisotopic (exact) mass is 263 g/mol. The second-order valence-electron chi connectivity index (χ2n) is 4.98. The molecule has 0 aliphatic heterocycles. The van der Waals surface area contributed by atoms with Crippen molar-refractivity contribution in [2.45, 2.75) is 40.2 Å². The summed E-state index contributed by atoms with van der Waals surface area (Å²) in [5, 5.41) is 11.1. The van der Waals surface area contributed by atoms with Crippen LogP contribution in [0.1, 0.15) is 35.1 Å². The molecule has 0 fully saturated rings. The van der Waals surface area contributed by atoms with E-state index in [0.717, 1.165) is 37.4 Å². The fourth-order valence-corrected chi connectivity index (χ4v) is 2.19. The first-order valence-electron chi connectivity index (χ1n) is 6.54. The number of hydrogen-bond acceptors (Lipinski definition) is 5. The van der Waals surface area contributed by atoms with Crippen molar-refractivity contribution in [2.75, 3.05) is 13.6 Å². The van der Waals surface area contributed by atoms with Crippen molar-refractivity contribution in [1.82, 2.24) is 25.2 Å². The molecule has 104 valence electrons. The highest BCUT2D eigenvalue weighted by atomic mass is 16.5. The molecular formula is C13H21N5O. The summed E-state index contributed by atoms with van der Waals surface area (Å²) in [7, 11) is 2.07. The van der Waals surface area contributed by atoms with Crippen molar-refractivity contribution < 1.29 is 4.52 Å². The summed E-state index contributed by atoms with van der Waals surface area (Å²) in [5.74, 6) is 1.36. The molecule has 0 radical (unpaired) electrons. The van der Waals surface area contributed by atoms with Crippen molar-refractivity contribution in [3.05, 3.63) is 28.7 Å². The van der Waals surface area contributed by atoms with Crippen LogP contribution in [0.2, 0.25) is 0 Å².